The molecule has 5 aromatic rings. The van der Waals surface area contributed by atoms with Crippen LogP contribution in [0.3, 0.4) is 0 Å². The van der Waals surface area contributed by atoms with E-state index in [0.29, 0.717) is 22.6 Å². The van der Waals surface area contributed by atoms with E-state index >= 15 is 0 Å². The molecule has 0 radical (unpaired) electrons. The lowest BCUT2D eigenvalue weighted by Gasteiger charge is -2.25. The Morgan fingerprint density at radius 3 is 2.54 bits per heavy atom. The minimum Gasteiger partial charge on any atom is -0.490 e. The number of halogens is 3. The number of carbonyl (C=O) groups is 2. The van der Waals surface area contributed by atoms with Crippen LogP contribution in [0.25, 0.3) is 22.0 Å². The largest absolute Gasteiger partial charge is 0.490 e. The lowest BCUT2D eigenvalue weighted by Crippen LogP contribution is -2.39. The van der Waals surface area contributed by atoms with Gasteiger partial charge in [0.15, 0.2) is 12.7 Å². The fourth-order valence-corrected chi connectivity index (χ4v) is 5.16. The van der Waals surface area contributed by atoms with Crippen LogP contribution < -0.4 is 14.2 Å². The van der Waals surface area contributed by atoms with Gasteiger partial charge in [-0.15, -0.1) is 0 Å². The van der Waals surface area contributed by atoms with Crippen molar-refractivity contribution in [2.75, 3.05) is 19.8 Å². The summed E-state index contributed by atoms with van der Waals surface area (Å²) in [6.45, 7) is -0.589. The van der Waals surface area contributed by atoms with Crippen LogP contribution in [-0.4, -0.2) is 57.7 Å². The van der Waals surface area contributed by atoms with Crippen molar-refractivity contribution in [3.8, 4) is 28.5 Å². The monoisotopic (exact) mass is 629 g/mol. The number of hydrogen-bond donors (Lipinski definition) is 1. The molecule has 3 heterocycles. The molecule has 3 aromatic carbocycles. The second kappa shape index (κ2) is 12.8. The van der Waals surface area contributed by atoms with Crippen LogP contribution in [0.15, 0.2) is 97.5 Å². The summed E-state index contributed by atoms with van der Waals surface area (Å²) in [5.74, 6) is -0.486. The van der Waals surface area contributed by atoms with Crippen LogP contribution in [0, 0.1) is 0 Å². The highest BCUT2D eigenvalue weighted by molar-refractivity contribution is 6.03. The zero-order valence-electron chi connectivity index (χ0n) is 24.1. The normalized spacial score (nSPS) is 14.7. The highest BCUT2D eigenvalue weighted by Crippen LogP contribution is 2.35. The summed E-state index contributed by atoms with van der Waals surface area (Å²) in [7, 11) is 0. The van der Waals surface area contributed by atoms with Crippen molar-refractivity contribution in [2.24, 2.45) is 0 Å². The summed E-state index contributed by atoms with van der Waals surface area (Å²) in [4.78, 5) is 35.0. The summed E-state index contributed by atoms with van der Waals surface area (Å²) in [6, 6.07) is 20.2. The minimum absolute atomic E-state index is 0.0165. The number of nitrogens with zero attached hydrogens (tertiary/aromatic N) is 3. The standard InChI is InChI=1S/C34H26F3N3O6/c35-34(36,37)25-3-1-2-21(14-25)17-40-18-28(19-44-27-9-6-24-16-38-12-10-23(24)15-27)46-29-11-13-39-32(31(29)33(40)43)22-4-7-26(8-5-22)45-20-30(41)42/h1-16,28H,17-20H2,(H,41,42). The summed E-state index contributed by atoms with van der Waals surface area (Å²) >= 11 is 0. The third-order valence-corrected chi connectivity index (χ3v) is 7.30. The molecule has 1 aliphatic rings. The van der Waals surface area contributed by atoms with E-state index in [1.807, 2.05) is 18.2 Å². The quantitative estimate of drug-likeness (QED) is 0.203. The van der Waals surface area contributed by atoms with Gasteiger partial charge in [-0.3, -0.25) is 14.8 Å². The minimum atomic E-state index is -4.54. The Kier molecular flexibility index (Phi) is 8.43. The number of amides is 1. The van der Waals surface area contributed by atoms with Gasteiger partial charge in [-0.05, 0) is 77.7 Å². The Balaban J connectivity index is 1.33. The summed E-state index contributed by atoms with van der Waals surface area (Å²) in [5, 5.41) is 10.8. The average Bonchev–Trinajstić information content (AvgIpc) is 3.18. The Morgan fingerprint density at radius 2 is 1.76 bits per heavy atom. The van der Waals surface area contributed by atoms with E-state index in [1.54, 1.807) is 48.8 Å². The number of carboxylic acids is 1. The highest BCUT2D eigenvalue weighted by Gasteiger charge is 2.34. The zero-order chi connectivity index (χ0) is 32.3. The first-order valence-corrected chi connectivity index (χ1v) is 14.2. The molecular weight excluding hydrogens is 603 g/mol. The van der Waals surface area contributed by atoms with Crippen LogP contribution in [-0.2, 0) is 17.5 Å². The lowest BCUT2D eigenvalue weighted by atomic mass is 10.0. The molecule has 1 unspecified atom stereocenters. The third-order valence-electron chi connectivity index (χ3n) is 7.30. The molecule has 0 spiro atoms. The second-order valence-corrected chi connectivity index (χ2v) is 10.6. The molecule has 0 saturated heterocycles. The molecule has 2 aromatic heterocycles. The molecule has 0 bridgehead atoms. The maximum atomic E-state index is 14.2. The number of hydrogen-bond acceptors (Lipinski definition) is 7. The van der Waals surface area contributed by atoms with Crippen LogP contribution in [0.4, 0.5) is 13.2 Å². The third kappa shape index (κ3) is 6.85. The Labute approximate surface area is 260 Å². The van der Waals surface area contributed by atoms with Crippen molar-refractivity contribution in [1.29, 1.82) is 0 Å². The maximum absolute atomic E-state index is 14.2. The smallest absolute Gasteiger partial charge is 0.416 e. The predicted molar refractivity (Wildman–Crippen MR) is 161 cm³/mol. The van der Waals surface area contributed by atoms with Crippen LogP contribution in [0.5, 0.6) is 17.2 Å². The van der Waals surface area contributed by atoms with Gasteiger partial charge < -0.3 is 24.2 Å². The number of benzene rings is 3. The van der Waals surface area contributed by atoms with Gasteiger partial charge >= 0.3 is 12.1 Å². The molecule has 0 aliphatic carbocycles. The van der Waals surface area contributed by atoms with Crippen molar-refractivity contribution in [3.63, 3.8) is 0 Å². The van der Waals surface area contributed by atoms with E-state index in [0.717, 1.165) is 22.9 Å². The molecule has 9 nitrogen and oxygen atoms in total. The molecular formula is C34H26F3N3O6. The first-order valence-electron chi connectivity index (χ1n) is 14.2. The second-order valence-electron chi connectivity index (χ2n) is 10.6. The SMILES string of the molecule is O=C(O)COc1ccc(-c2nccc3c2C(=O)N(Cc2cccc(C(F)(F)F)c2)CC(COc2ccc4cnccc4c2)O3)cc1. The molecule has 234 valence electrons. The summed E-state index contributed by atoms with van der Waals surface area (Å²) < 4.78 is 58.1. The zero-order valence-corrected chi connectivity index (χ0v) is 24.1. The number of pyridine rings is 2. The van der Waals surface area contributed by atoms with Crippen molar-refractivity contribution >= 4 is 22.6 Å². The molecule has 0 saturated carbocycles. The number of ether oxygens (including phenoxy) is 3. The number of aromatic nitrogens is 2. The van der Waals surface area contributed by atoms with E-state index in [4.69, 9.17) is 19.3 Å². The molecule has 1 atom stereocenters. The summed E-state index contributed by atoms with van der Waals surface area (Å²) in [6.07, 6.45) is -0.320. The number of alkyl halides is 3. The molecule has 6 rings (SSSR count). The highest BCUT2D eigenvalue weighted by atomic mass is 19.4. The Hall–Kier alpha value is -5.65. The van der Waals surface area contributed by atoms with E-state index in [1.165, 1.54) is 23.2 Å². The number of carboxylic acid groups (broad SMARTS) is 1. The van der Waals surface area contributed by atoms with E-state index in [9.17, 15) is 22.8 Å². The van der Waals surface area contributed by atoms with Gasteiger partial charge in [-0.1, -0.05) is 12.1 Å². The van der Waals surface area contributed by atoms with Crippen LogP contribution in [0.1, 0.15) is 21.5 Å². The lowest BCUT2D eigenvalue weighted by molar-refractivity contribution is -0.139. The Bertz CT molecular complexity index is 1900. The van der Waals surface area contributed by atoms with Crippen molar-refractivity contribution in [1.82, 2.24) is 14.9 Å². The predicted octanol–water partition coefficient (Wildman–Crippen LogP) is 6.26. The Morgan fingerprint density at radius 1 is 0.957 bits per heavy atom. The summed E-state index contributed by atoms with van der Waals surface area (Å²) in [5.41, 5.74) is 0.416. The van der Waals surface area contributed by atoms with E-state index in [-0.39, 0.29) is 36.7 Å². The fourth-order valence-electron chi connectivity index (χ4n) is 5.16. The van der Waals surface area contributed by atoms with Gasteiger partial charge in [0.1, 0.15) is 29.4 Å². The van der Waals surface area contributed by atoms with E-state index in [2.05, 4.69) is 9.97 Å². The van der Waals surface area contributed by atoms with Gasteiger partial charge in [0, 0.05) is 36.1 Å². The molecule has 0 fully saturated rings. The van der Waals surface area contributed by atoms with Gasteiger partial charge in [0.2, 0.25) is 0 Å². The molecule has 1 N–H and O–H groups in total. The molecule has 1 amide bonds. The molecule has 46 heavy (non-hydrogen) atoms. The van der Waals surface area contributed by atoms with E-state index < -0.39 is 36.3 Å². The number of aliphatic carboxylic acids is 1. The number of carbonyl (C=O) groups excluding carboxylic acids is 1. The van der Waals surface area contributed by atoms with Crippen LogP contribution in [0.2, 0.25) is 0 Å². The topological polar surface area (TPSA) is 111 Å². The average molecular weight is 630 g/mol. The van der Waals surface area contributed by atoms with Gasteiger partial charge in [0.05, 0.1) is 17.8 Å². The first kappa shape index (κ1) is 30.4. The first-order chi connectivity index (χ1) is 22.1. The van der Waals surface area contributed by atoms with Gasteiger partial charge in [-0.2, -0.15) is 13.2 Å². The molecule has 1 aliphatic heterocycles. The maximum Gasteiger partial charge on any atom is 0.416 e. The number of rotatable bonds is 9. The van der Waals surface area contributed by atoms with Crippen molar-refractivity contribution in [2.45, 2.75) is 18.8 Å². The van der Waals surface area contributed by atoms with Crippen molar-refractivity contribution in [3.05, 3.63) is 114 Å². The van der Waals surface area contributed by atoms with Gasteiger partial charge in [-0.25, -0.2) is 4.79 Å². The van der Waals surface area contributed by atoms with Gasteiger partial charge in [0.25, 0.3) is 5.91 Å². The van der Waals surface area contributed by atoms with Crippen LogP contribution >= 0.6 is 0 Å². The fraction of sp³-hybridized carbons (Fsp3) is 0.176. The molecule has 12 heteroatoms. The number of fused-ring (bicyclic) bond motifs is 2. The van der Waals surface area contributed by atoms with Crippen molar-refractivity contribution < 1.29 is 42.1 Å².